The average Bonchev–Trinajstić information content (AvgIpc) is 2.70. The molecule has 1 aromatic rings. The molecule has 0 radical (unpaired) electrons. The molecular formula is C14H17F2NO2. The lowest BCUT2D eigenvalue weighted by molar-refractivity contribution is -0.143. The summed E-state index contributed by atoms with van der Waals surface area (Å²) in [6.45, 7) is 3.01. The Bertz CT molecular complexity index is 465. The third kappa shape index (κ3) is 3.10. The van der Waals surface area contributed by atoms with Gasteiger partial charge in [-0.1, -0.05) is 25.1 Å². The first-order valence-electron chi connectivity index (χ1n) is 6.33. The molecule has 2 atom stereocenters. The van der Waals surface area contributed by atoms with Crippen molar-refractivity contribution < 1.29 is 18.7 Å². The minimum atomic E-state index is -2.49. The number of carbonyl (C=O) groups is 1. The summed E-state index contributed by atoms with van der Waals surface area (Å²) in [4.78, 5) is 13.1. The molecule has 5 heteroatoms. The summed E-state index contributed by atoms with van der Waals surface area (Å²) in [5, 5.41) is 9.21. The second kappa shape index (κ2) is 5.65. The van der Waals surface area contributed by atoms with Crippen molar-refractivity contribution in [3.63, 3.8) is 0 Å². The zero-order chi connectivity index (χ0) is 14.0. The molecule has 2 unspecified atom stereocenters. The van der Waals surface area contributed by atoms with E-state index in [2.05, 4.69) is 0 Å². The molecule has 0 aromatic heterocycles. The van der Waals surface area contributed by atoms with Gasteiger partial charge in [0.1, 0.15) is 6.04 Å². The third-order valence-corrected chi connectivity index (χ3v) is 3.65. The predicted molar refractivity (Wildman–Crippen MR) is 67.0 cm³/mol. The molecule has 1 aliphatic rings. The van der Waals surface area contributed by atoms with E-state index in [1.54, 1.807) is 12.1 Å². The first-order chi connectivity index (χ1) is 8.99. The molecule has 19 heavy (non-hydrogen) atoms. The van der Waals surface area contributed by atoms with Crippen molar-refractivity contribution in [2.45, 2.75) is 32.4 Å². The molecule has 0 aliphatic carbocycles. The van der Waals surface area contributed by atoms with Crippen molar-refractivity contribution in [1.82, 2.24) is 4.90 Å². The van der Waals surface area contributed by atoms with E-state index >= 15 is 0 Å². The van der Waals surface area contributed by atoms with Crippen LogP contribution in [0.25, 0.3) is 0 Å². The summed E-state index contributed by atoms with van der Waals surface area (Å²) >= 11 is 0. The average molecular weight is 269 g/mol. The van der Waals surface area contributed by atoms with E-state index in [0.717, 1.165) is 12.0 Å². The van der Waals surface area contributed by atoms with E-state index in [9.17, 15) is 18.7 Å². The highest BCUT2D eigenvalue weighted by Gasteiger charge is 2.36. The Kier molecular flexibility index (Phi) is 4.14. The van der Waals surface area contributed by atoms with Crippen molar-refractivity contribution in [1.29, 1.82) is 0 Å². The van der Waals surface area contributed by atoms with Crippen LogP contribution in [-0.2, 0) is 11.3 Å². The molecule has 1 heterocycles. The minimum absolute atomic E-state index is 0.0170. The molecule has 1 aliphatic heterocycles. The zero-order valence-corrected chi connectivity index (χ0v) is 10.7. The highest BCUT2D eigenvalue weighted by atomic mass is 19.3. The Morgan fingerprint density at radius 2 is 2.26 bits per heavy atom. The largest absolute Gasteiger partial charge is 0.480 e. The van der Waals surface area contributed by atoms with Gasteiger partial charge < -0.3 is 5.11 Å². The highest BCUT2D eigenvalue weighted by molar-refractivity contribution is 5.74. The Balaban J connectivity index is 2.12. The molecule has 1 aromatic carbocycles. The van der Waals surface area contributed by atoms with E-state index in [1.807, 2.05) is 11.8 Å². The molecule has 0 amide bonds. The molecule has 0 saturated carbocycles. The van der Waals surface area contributed by atoms with Gasteiger partial charge in [0.05, 0.1) is 0 Å². The maximum absolute atomic E-state index is 12.6. The standard InChI is InChI=1S/C14H17F2NO2/c1-9-5-6-17(12(9)14(18)19)8-10-3-2-4-11(7-10)13(15)16/h2-4,7,9,12-13H,5-6,8H2,1H3,(H,18,19). The number of likely N-dealkylation sites (tertiary alicyclic amines) is 1. The van der Waals surface area contributed by atoms with Crippen LogP contribution in [-0.4, -0.2) is 28.6 Å². The van der Waals surface area contributed by atoms with E-state index in [1.165, 1.54) is 12.1 Å². The van der Waals surface area contributed by atoms with Gasteiger partial charge in [0, 0.05) is 12.1 Å². The van der Waals surface area contributed by atoms with Crippen molar-refractivity contribution in [3.05, 3.63) is 35.4 Å². The number of rotatable bonds is 4. The fraction of sp³-hybridized carbons (Fsp3) is 0.500. The summed E-state index contributed by atoms with van der Waals surface area (Å²) < 4.78 is 25.2. The van der Waals surface area contributed by atoms with Crippen molar-refractivity contribution in [3.8, 4) is 0 Å². The summed E-state index contributed by atoms with van der Waals surface area (Å²) in [7, 11) is 0. The Morgan fingerprint density at radius 3 is 2.89 bits per heavy atom. The summed E-state index contributed by atoms with van der Waals surface area (Å²) in [6, 6.07) is 5.66. The molecule has 0 spiro atoms. The number of hydrogen-bond donors (Lipinski definition) is 1. The molecule has 1 N–H and O–H groups in total. The zero-order valence-electron chi connectivity index (χ0n) is 10.7. The van der Waals surface area contributed by atoms with Crippen molar-refractivity contribution >= 4 is 5.97 Å². The second-order valence-electron chi connectivity index (χ2n) is 5.07. The Hall–Kier alpha value is -1.49. The number of carboxylic acid groups (broad SMARTS) is 1. The summed E-state index contributed by atoms with van der Waals surface area (Å²) in [6.07, 6.45) is -1.67. The minimum Gasteiger partial charge on any atom is -0.480 e. The predicted octanol–water partition coefficient (Wildman–Crippen LogP) is 2.92. The van der Waals surface area contributed by atoms with E-state index in [0.29, 0.717) is 13.1 Å². The molecule has 104 valence electrons. The maximum Gasteiger partial charge on any atom is 0.321 e. The lowest BCUT2D eigenvalue weighted by Crippen LogP contribution is -2.38. The third-order valence-electron chi connectivity index (χ3n) is 3.65. The van der Waals surface area contributed by atoms with Crippen LogP contribution in [0.5, 0.6) is 0 Å². The smallest absolute Gasteiger partial charge is 0.321 e. The number of benzene rings is 1. The van der Waals surface area contributed by atoms with Gasteiger partial charge in [-0.05, 0) is 30.5 Å². The molecule has 1 fully saturated rings. The van der Waals surface area contributed by atoms with Crippen LogP contribution in [0.4, 0.5) is 8.78 Å². The van der Waals surface area contributed by atoms with Gasteiger partial charge in [-0.2, -0.15) is 0 Å². The van der Waals surface area contributed by atoms with E-state index in [4.69, 9.17) is 0 Å². The monoisotopic (exact) mass is 269 g/mol. The number of hydrogen-bond acceptors (Lipinski definition) is 2. The maximum atomic E-state index is 12.6. The van der Waals surface area contributed by atoms with Crippen LogP contribution in [0, 0.1) is 5.92 Å². The van der Waals surface area contributed by atoms with Crippen molar-refractivity contribution in [2.24, 2.45) is 5.92 Å². The van der Waals surface area contributed by atoms with Gasteiger partial charge in [-0.15, -0.1) is 0 Å². The number of halogens is 2. The fourth-order valence-corrected chi connectivity index (χ4v) is 2.66. The molecule has 1 saturated heterocycles. The SMILES string of the molecule is CC1CCN(Cc2cccc(C(F)F)c2)C1C(=O)O. The summed E-state index contributed by atoms with van der Waals surface area (Å²) in [5.41, 5.74) is 0.717. The lowest BCUT2D eigenvalue weighted by Gasteiger charge is -2.23. The molecule has 3 nitrogen and oxygen atoms in total. The molecule has 2 rings (SSSR count). The summed E-state index contributed by atoms with van der Waals surface area (Å²) in [5.74, 6) is -0.745. The first kappa shape index (κ1) is 13.9. The van der Waals surface area contributed by atoms with E-state index in [-0.39, 0.29) is 11.5 Å². The van der Waals surface area contributed by atoms with Gasteiger partial charge in [0.25, 0.3) is 6.43 Å². The van der Waals surface area contributed by atoms with Gasteiger partial charge >= 0.3 is 5.97 Å². The first-order valence-corrected chi connectivity index (χ1v) is 6.33. The van der Waals surface area contributed by atoms with E-state index < -0.39 is 18.4 Å². The molecular weight excluding hydrogens is 252 g/mol. The number of nitrogens with zero attached hydrogens (tertiary/aromatic N) is 1. The van der Waals surface area contributed by atoms with Crippen LogP contribution >= 0.6 is 0 Å². The van der Waals surface area contributed by atoms with Crippen molar-refractivity contribution in [2.75, 3.05) is 6.54 Å². The number of alkyl halides is 2. The lowest BCUT2D eigenvalue weighted by atomic mass is 10.0. The quantitative estimate of drug-likeness (QED) is 0.913. The number of aliphatic carboxylic acids is 1. The Morgan fingerprint density at radius 1 is 1.53 bits per heavy atom. The number of carboxylic acids is 1. The highest BCUT2D eigenvalue weighted by Crippen LogP contribution is 2.27. The normalized spacial score (nSPS) is 24.0. The Labute approximate surface area is 110 Å². The van der Waals surface area contributed by atoms with Gasteiger partial charge in [-0.3, -0.25) is 9.69 Å². The molecule has 0 bridgehead atoms. The van der Waals surface area contributed by atoms with Crippen LogP contribution < -0.4 is 0 Å². The van der Waals surface area contributed by atoms with Crippen LogP contribution in [0.3, 0.4) is 0 Å². The van der Waals surface area contributed by atoms with Crippen LogP contribution in [0.2, 0.25) is 0 Å². The second-order valence-corrected chi connectivity index (χ2v) is 5.07. The fourth-order valence-electron chi connectivity index (χ4n) is 2.66. The van der Waals surface area contributed by atoms with Gasteiger partial charge in [0.2, 0.25) is 0 Å². The van der Waals surface area contributed by atoms with Crippen LogP contribution in [0.1, 0.15) is 30.9 Å². The van der Waals surface area contributed by atoms with Gasteiger partial charge in [0.15, 0.2) is 0 Å². The topological polar surface area (TPSA) is 40.5 Å². The van der Waals surface area contributed by atoms with Crippen LogP contribution in [0.15, 0.2) is 24.3 Å². The van der Waals surface area contributed by atoms with Gasteiger partial charge in [-0.25, -0.2) is 8.78 Å².